The second-order valence-electron chi connectivity index (χ2n) is 4.09. The van der Waals surface area contributed by atoms with Crippen molar-refractivity contribution < 1.29 is 8.42 Å². The van der Waals surface area contributed by atoms with E-state index in [-0.39, 0.29) is 10.5 Å². The summed E-state index contributed by atoms with van der Waals surface area (Å²) in [4.78, 5) is 7.73. The molecule has 1 heterocycles. The Morgan fingerprint density at radius 1 is 1.24 bits per heavy atom. The fourth-order valence-corrected chi connectivity index (χ4v) is 2.82. The van der Waals surface area contributed by atoms with Gasteiger partial charge in [-0.3, -0.25) is 4.31 Å². The van der Waals surface area contributed by atoms with Crippen molar-refractivity contribution in [3.05, 3.63) is 42.2 Å². The summed E-state index contributed by atoms with van der Waals surface area (Å²) in [6, 6.07) is 8.44. The van der Waals surface area contributed by atoms with Crippen molar-refractivity contribution in [2.75, 3.05) is 23.7 Å². The lowest BCUT2D eigenvalue weighted by molar-refractivity contribution is 0.593. The molecule has 0 amide bonds. The van der Waals surface area contributed by atoms with E-state index < -0.39 is 10.0 Å². The third-order valence-corrected chi connectivity index (χ3v) is 4.60. The fraction of sp³-hybridized carbons (Fsp3) is 0.154. The lowest BCUT2D eigenvalue weighted by Gasteiger charge is -2.20. The first-order chi connectivity index (χ1) is 10.0. The summed E-state index contributed by atoms with van der Waals surface area (Å²) in [5, 5.41) is 11.8. The van der Waals surface area contributed by atoms with Crippen LogP contribution in [0, 0.1) is 11.3 Å². The van der Waals surface area contributed by atoms with Gasteiger partial charge in [-0.15, -0.1) is 0 Å². The van der Waals surface area contributed by atoms with E-state index in [1.807, 2.05) is 6.07 Å². The molecule has 1 N–H and O–H groups in total. The Bertz CT molecular complexity index is 781. The van der Waals surface area contributed by atoms with E-state index in [1.165, 1.54) is 19.4 Å². The molecule has 0 radical (unpaired) electrons. The lowest BCUT2D eigenvalue weighted by atomic mass is 10.2. The van der Waals surface area contributed by atoms with Gasteiger partial charge in [0, 0.05) is 14.1 Å². The zero-order chi connectivity index (χ0) is 15.5. The van der Waals surface area contributed by atoms with Crippen molar-refractivity contribution in [1.82, 2.24) is 9.97 Å². The Hall–Kier alpha value is -2.66. The molecule has 2 aromatic rings. The number of aromatic nitrogens is 2. The molecule has 0 unspecified atom stereocenters. The topological polar surface area (TPSA) is 99.0 Å². The molecule has 2 rings (SSSR count). The molecule has 0 aliphatic rings. The summed E-state index contributed by atoms with van der Waals surface area (Å²) >= 11 is 0. The summed E-state index contributed by atoms with van der Waals surface area (Å²) in [5.41, 5.74) is 0.578. The minimum atomic E-state index is -3.82. The maximum Gasteiger partial charge on any atom is 0.267 e. The predicted octanol–water partition coefficient (Wildman–Crippen LogP) is 1.22. The standard InChI is InChI=1S/C13H13N5O2S/c1-15-13-16-8-11(9-17-13)21(19,20)18(2)12-6-4-3-5-10(12)7-14/h3-6,8-9H,1-2H3,(H,15,16,17). The Labute approximate surface area is 122 Å². The highest BCUT2D eigenvalue weighted by Crippen LogP contribution is 2.24. The summed E-state index contributed by atoms with van der Waals surface area (Å²) in [6.45, 7) is 0. The smallest absolute Gasteiger partial charge is 0.267 e. The molecule has 0 aliphatic carbocycles. The summed E-state index contributed by atoms with van der Waals surface area (Å²) in [6.07, 6.45) is 2.44. The zero-order valence-electron chi connectivity index (χ0n) is 11.5. The van der Waals surface area contributed by atoms with Gasteiger partial charge in [-0.05, 0) is 12.1 Å². The van der Waals surface area contributed by atoms with E-state index in [1.54, 1.807) is 31.3 Å². The molecule has 0 saturated heterocycles. The highest BCUT2D eigenvalue weighted by Gasteiger charge is 2.24. The Balaban J connectivity index is 2.45. The first kappa shape index (κ1) is 14.7. The molecular formula is C13H13N5O2S. The van der Waals surface area contributed by atoms with Gasteiger partial charge in [-0.2, -0.15) is 5.26 Å². The number of benzene rings is 1. The summed E-state index contributed by atoms with van der Waals surface area (Å²) in [5.74, 6) is 0.328. The first-order valence-corrected chi connectivity index (χ1v) is 7.42. The minimum Gasteiger partial charge on any atom is -0.357 e. The number of anilines is 2. The van der Waals surface area contributed by atoms with Crippen LogP contribution >= 0.6 is 0 Å². The van der Waals surface area contributed by atoms with E-state index >= 15 is 0 Å². The molecule has 0 aliphatic heterocycles. The van der Waals surface area contributed by atoms with Crippen LogP contribution in [0.3, 0.4) is 0 Å². The molecule has 8 heteroatoms. The monoisotopic (exact) mass is 303 g/mol. The maximum absolute atomic E-state index is 12.5. The molecule has 0 atom stereocenters. The number of nitrogens with zero attached hydrogens (tertiary/aromatic N) is 4. The fourth-order valence-electron chi connectivity index (χ4n) is 1.71. The number of rotatable bonds is 4. The van der Waals surface area contributed by atoms with Crippen LogP contribution in [0.15, 0.2) is 41.6 Å². The van der Waals surface area contributed by atoms with Crippen molar-refractivity contribution in [1.29, 1.82) is 5.26 Å². The molecule has 108 valence electrons. The number of nitrogens with one attached hydrogen (secondary N) is 1. The van der Waals surface area contributed by atoms with Gasteiger partial charge in [-0.1, -0.05) is 12.1 Å². The van der Waals surface area contributed by atoms with Crippen LogP contribution in [0.25, 0.3) is 0 Å². The highest BCUT2D eigenvalue weighted by atomic mass is 32.2. The van der Waals surface area contributed by atoms with Gasteiger partial charge in [-0.25, -0.2) is 18.4 Å². The molecular weight excluding hydrogens is 290 g/mol. The van der Waals surface area contributed by atoms with Gasteiger partial charge in [0.1, 0.15) is 11.0 Å². The molecule has 0 saturated carbocycles. The first-order valence-electron chi connectivity index (χ1n) is 5.98. The van der Waals surface area contributed by atoms with Crippen molar-refractivity contribution in [3.63, 3.8) is 0 Å². The molecule has 7 nitrogen and oxygen atoms in total. The third-order valence-electron chi connectivity index (χ3n) is 2.87. The van der Waals surface area contributed by atoms with E-state index in [0.717, 1.165) is 4.31 Å². The number of hydrogen-bond donors (Lipinski definition) is 1. The number of hydrogen-bond acceptors (Lipinski definition) is 6. The second kappa shape index (κ2) is 5.76. The molecule has 0 spiro atoms. The van der Waals surface area contributed by atoms with Crippen molar-refractivity contribution in [2.24, 2.45) is 0 Å². The Morgan fingerprint density at radius 3 is 2.43 bits per heavy atom. The molecule has 21 heavy (non-hydrogen) atoms. The van der Waals surface area contributed by atoms with Crippen LogP contribution in [-0.4, -0.2) is 32.5 Å². The van der Waals surface area contributed by atoms with Crippen LogP contribution < -0.4 is 9.62 Å². The SMILES string of the molecule is CNc1ncc(S(=O)(=O)N(C)c2ccccc2C#N)cn1. The number of nitriles is 1. The third kappa shape index (κ3) is 2.78. The van der Waals surface area contributed by atoms with E-state index in [4.69, 9.17) is 5.26 Å². The minimum absolute atomic E-state index is 0.0447. The van der Waals surface area contributed by atoms with Crippen LogP contribution in [0.5, 0.6) is 0 Å². The normalized spacial score (nSPS) is 10.7. The van der Waals surface area contributed by atoms with Gasteiger partial charge >= 0.3 is 0 Å². The summed E-state index contributed by atoms with van der Waals surface area (Å²) < 4.78 is 26.1. The maximum atomic E-state index is 12.5. The molecule has 1 aromatic carbocycles. The van der Waals surface area contributed by atoms with Crippen LogP contribution in [0.2, 0.25) is 0 Å². The number of para-hydroxylation sites is 1. The van der Waals surface area contributed by atoms with Crippen LogP contribution in [-0.2, 0) is 10.0 Å². The van der Waals surface area contributed by atoms with Gasteiger partial charge in [0.2, 0.25) is 5.95 Å². The summed E-state index contributed by atoms with van der Waals surface area (Å²) in [7, 11) is -0.796. The molecule has 0 bridgehead atoms. The van der Waals surface area contributed by atoms with Crippen molar-refractivity contribution in [2.45, 2.75) is 4.90 Å². The largest absolute Gasteiger partial charge is 0.357 e. The quantitative estimate of drug-likeness (QED) is 0.911. The molecule has 1 aromatic heterocycles. The van der Waals surface area contributed by atoms with Crippen molar-refractivity contribution >= 4 is 21.7 Å². The Morgan fingerprint density at radius 2 is 1.86 bits per heavy atom. The second-order valence-corrected chi connectivity index (χ2v) is 6.06. The average Bonchev–Trinajstić information content (AvgIpc) is 2.54. The van der Waals surface area contributed by atoms with Crippen molar-refractivity contribution in [3.8, 4) is 6.07 Å². The van der Waals surface area contributed by atoms with E-state index in [9.17, 15) is 8.42 Å². The number of sulfonamides is 1. The Kier molecular flexibility index (Phi) is 4.05. The average molecular weight is 303 g/mol. The van der Waals surface area contributed by atoms with Gasteiger partial charge in [0.05, 0.1) is 23.6 Å². The molecule has 0 fully saturated rings. The zero-order valence-corrected chi connectivity index (χ0v) is 12.3. The van der Waals surface area contributed by atoms with Gasteiger partial charge in [0.15, 0.2) is 0 Å². The van der Waals surface area contributed by atoms with Crippen LogP contribution in [0.4, 0.5) is 11.6 Å². The van der Waals surface area contributed by atoms with E-state index in [2.05, 4.69) is 15.3 Å². The highest BCUT2D eigenvalue weighted by molar-refractivity contribution is 7.92. The van der Waals surface area contributed by atoms with Gasteiger partial charge in [0.25, 0.3) is 10.0 Å². The van der Waals surface area contributed by atoms with Crippen LogP contribution in [0.1, 0.15) is 5.56 Å². The van der Waals surface area contributed by atoms with E-state index in [0.29, 0.717) is 11.6 Å². The van der Waals surface area contributed by atoms with Gasteiger partial charge < -0.3 is 5.32 Å². The predicted molar refractivity (Wildman–Crippen MR) is 78.3 cm³/mol. The lowest BCUT2D eigenvalue weighted by Crippen LogP contribution is -2.27.